The van der Waals surface area contributed by atoms with Crippen LogP contribution in [0.25, 0.3) is 98.4 Å². The fourth-order valence-corrected chi connectivity index (χ4v) is 8.35. The first kappa shape index (κ1) is 31.9. The Labute approximate surface area is 310 Å². The molecule has 0 fully saturated rings. The Morgan fingerprint density at radius 2 is 0.673 bits per heavy atom. The third-order valence-corrected chi connectivity index (χ3v) is 10.7. The van der Waals surface area contributed by atoms with Crippen molar-refractivity contribution < 1.29 is 45.3 Å². The molecule has 1 aromatic heterocycles. The number of hydrogen-bond donors (Lipinski definition) is 8. The van der Waals surface area contributed by atoms with Crippen LogP contribution in [0.4, 0.5) is 0 Å². The standard InChI is InChI=1S/C46H28O9/c47-39-35-33(27-20-19-26(24-12-3-4-13-25(24)27)23-15-7-10-21-9-1-2-11-22(21)23)36-38(42(50)46(54)44(52)40(36)48)34(37(35)41(49)45(53)43(39)51)29-16-8-18-31-32(29)28-14-5-6-17-30(28)55-31/h1-20,47-54H. The summed E-state index contributed by atoms with van der Waals surface area (Å²) in [4.78, 5) is 0. The predicted octanol–water partition coefficient (Wildman–Crippen LogP) is 10.8. The van der Waals surface area contributed by atoms with Gasteiger partial charge < -0.3 is 45.3 Å². The molecule has 10 aromatic rings. The van der Waals surface area contributed by atoms with Gasteiger partial charge in [-0.15, -0.1) is 0 Å². The average molecular weight is 725 g/mol. The molecule has 9 heteroatoms. The fourth-order valence-electron chi connectivity index (χ4n) is 8.35. The molecule has 0 unspecified atom stereocenters. The monoisotopic (exact) mass is 724 g/mol. The molecule has 0 aliphatic rings. The van der Waals surface area contributed by atoms with E-state index in [1.807, 2.05) is 78.9 Å². The maximum atomic E-state index is 11.9. The van der Waals surface area contributed by atoms with Gasteiger partial charge in [-0.1, -0.05) is 109 Å². The van der Waals surface area contributed by atoms with E-state index >= 15 is 0 Å². The second-order valence-electron chi connectivity index (χ2n) is 13.5. The first-order chi connectivity index (χ1) is 26.7. The van der Waals surface area contributed by atoms with Gasteiger partial charge in [0.15, 0.2) is 23.0 Å². The maximum absolute atomic E-state index is 11.9. The highest BCUT2D eigenvalue weighted by atomic mass is 16.4. The van der Waals surface area contributed by atoms with Crippen LogP contribution in [-0.2, 0) is 0 Å². The van der Waals surface area contributed by atoms with Crippen LogP contribution in [0.15, 0.2) is 126 Å². The van der Waals surface area contributed by atoms with E-state index in [2.05, 4.69) is 0 Å². The highest BCUT2D eigenvalue weighted by molar-refractivity contribution is 6.32. The van der Waals surface area contributed by atoms with E-state index < -0.39 is 46.0 Å². The van der Waals surface area contributed by atoms with E-state index in [-0.39, 0.29) is 32.7 Å². The molecule has 9 aromatic carbocycles. The van der Waals surface area contributed by atoms with Crippen molar-refractivity contribution in [1.82, 2.24) is 0 Å². The summed E-state index contributed by atoms with van der Waals surface area (Å²) in [5.74, 6) is -7.54. The zero-order valence-corrected chi connectivity index (χ0v) is 28.5. The van der Waals surface area contributed by atoms with Crippen LogP contribution in [0.1, 0.15) is 0 Å². The molecule has 0 aliphatic heterocycles. The topological polar surface area (TPSA) is 175 Å². The molecule has 266 valence electrons. The van der Waals surface area contributed by atoms with Gasteiger partial charge in [0.2, 0.25) is 23.0 Å². The SMILES string of the molecule is Oc1c(O)c(O)c2c(-c3cccc4oc5ccccc5c34)c3c(O)c(O)c(O)c(O)c3c(-c3ccc(-c4cccc5ccccc45)c4ccccc34)c2c1O. The zero-order chi connectivity index (χ0) is 37.9. The van der Waals surface area contributed by atoms with Crippen LogP contribution in [-0.4, -0.2) is 40.9 Å². The first-order valence-electron chi connectivity index (χ1n) is 17.3. The molecule has 0 bridgehead atoms. The summed E-state index contributed by atoms with van der Waals surface area (Å²) >= 11 is 0. The van der Waals surface area contributed by atoms with Crippen LogP contribution in [0.5, 0.6) is 46.0 Å². The number of fused-ring (bicyclic) bond motifs is 7. The molecular formula is C46H28O9. The molecular weight excluding hydrogens is 696 g/mol. The highest BCUT2D eigenvalue weighted by Gasteiger charge is 2.33. The number of benzene rings is 9. The van der Waals surface area contributed by atoms with Crippen LogP contribution < -0.4 is 0 Å². The van der Waals surface area contributed by atoms with Gasteiger partial charge in [-0.05, 0) is 55.9 Å². The molecule has 8 N–H and O–H groups in total. The number of hydrogen-bond acceptors (Lipinski definition) is 9. The summed E-state index contributed by atoms with van der Waals surface area (Å²) < 4.78 is 6.15. The fraction of sp³-hybridized carbons (Fsp3) is 0. The maximum Gasteiger partial charge on any atom is 0.204 e. The van der Waals surface area contributed by atoms with Gasteiger partial charge >= 0.3 is 0 Å². The lowest BCUT2D eigenvalue weighted by molar-refractivity contribution is 0.350. The van der Waals surface area contributed by atoms with E-state index in [0.29, 0.717) is 38.5 Å². The third-order valence-electron chi connectivity index (χ3n) is 10.7. The third kappa shape index (κ3) is 4.23. The van der Waals surface area contributed by atoms with Crippen molar-refractivity contribution >= 4 is 65.0 Å². The summed E-state index contributed by atoms with van der Waals surface area (Å²) in [6, 6.07) is 37.3. The van der Waals surface area contributed by atoms with Gasteiger partial charge in [-0.2, -0.15) is 0 Å². The Hall–Kier alpha value is -7.78. The second-order valence-corrected chi connectivity index (χ2v) is 13.5. The van der Waals surface area contributed by atoms with Gasteiger partial charge in [0.1, 0.15) is 11.2 Å². The number of aromatic hydroxyl groups is 8. The van der Waals surface area contributed by atoms with Crippen LogP contribution in [0.2, 0.25) is 0 Å². The van der Waals surface area contributed by atoms with Crippen molar-refractivity contribution in [3.8, 4) is 79.4 Å². The summed E-state index contributed by atoms with van der Waals surface area (Å²) in [5.41, 5.74) is 3.33. The van der Waals surface area contributed by atoms with Gasteiger partial charge in [0.25, 0.3) is 0 Å². The number of phenolic OH excluding ortho intramolecular Hbond substituents is 8. The Morgan fingerprint density at radius 1 is 0.273 bits per heavy atom. The predicted molar refractivity (Wildman–Crippen MR) is 213 cm³/mol. The van der Waals surface area contributed by atoms with Gasteiger partial charge in [0.05, 0.1) is 0 Å². The quantitative estimate of drug-likeness (QED) is 0.0501. The lowest BCUT2D eigenvalue weighted by atomic mass is 9.81. The summed E-state index contributed by atoms with van der Waals surface area (Å²) in [6.45, 7) is 0. The van der Waals surface area contributed by atoms with E-state index in [0.717, 1.165) is 27.3 Å². The minimum Gasteiger partial charge on any atom is -0.504 e. The van der Waals surface area contributed by atoms with Crippen molar-refractivity contribution in [3.05, 3.63) is 121 Å². The Kier molecular flexibility index (Phi) is 6.59. The van der Waals surface area contributed by atoms with Crippen LogP contribution >= 0.6 is 0 Å². The molecule has 1 heterocycles. The number of para-hydroxylation sites is 1. The molecule has 0 saturated heterocycles. The van der Waals surface area contributed by atoms with Crippen molar-refractivity contribution in [2.24, 2.45) is 0 Å². The van der Waals surface area contributed by atoms with Crippen LogP contribution in [0, 0.1) is 0 Å². The molecule has 10 rings (SSSR count). The van der Waals surface area contributed by atoms with E-state index in [4.69, 9.17) is 4.42 Å². The van der Waals surface area contributed by atoms with E-state index in [1.165, 1.54) is 0 Å². The molecule has 0 amide bonds. The number of furan rings is 1. The summed E-state index contributed by atoms with van der Waals surface area (Å²) in [6.07, 6.45) is 0. The Morgan fingerprint density at radius 3 is 1.29 bits per heavy atom. The smallest absolute Gasteiger partial charge is 0.204 e. The lowest BCUT2D eigenvalue weighted by Crippen LogP contribution is -1.96. The molecule has 55 heavy (non-hydrogen) atoms. The lowest BCUT2D eigenvalue weighted by Gasteiger charge is -2.23. The van der Waals surface area contributed by atoms with Crippen LogP contribution in [0.3, 0.4) is 0 Å². The van der Waals surface area contributed by atoms with Crippen molar-refractivity contribution in [2.45, 2.75) is 0 Å². The van der Waals surface area contributed by atoms with Gasteiger partial charge in [-0.25, -0.2) is 0 Å². The minimum atomic E-state index is -1.04. The van der Waals surface area contributed by atoms with Crippen molar-refractivity contribution in [2.75, 3.05) is 0 Å². The van der Waals surface area contributed by atoms with Gasteiger partial charge in [0, 0.05) is 43.4 Å². The molecule has 0 spiro atoms. The Bertz CT molecular complexity index is 3220. The first-order valence-corrected chi connectivity index (χ1v) is 17.3. The number of rotatable bonds is 3. The second kappa shape index (κ2) is 11.4. The summed E-state index contributed by atoms with van der Waals surface area (Å²) in [7, 11) is 0. The van der Waals surface area contributed by atoms with E-state index in [9.17, 15) is 40.9 Å². The highest BCUT2D eigenvalue weighted by Crippen LogP contribution is 2.63. The average Bonchev–Trinajstić information content (AvgIpc) is 3.61. The molecule has 9 nitrogen and oxygen atoms in total. The Balaban J connectivity index is 1.45. The van der Waals surface area contributed by atoms with Crippen molar-refractivity contribution in [3.63, 3.8) is 0 Å². The molecule has 0 radical (unpaired) electrons. The van der Waals surface area contributed by atoms with Crippen molar-refractivity contribution in [1.29, 1.82) is 0 Å². The molecule has 0 atom stereocenters. The molecule has 0 saturated carbocycles. The molecule has 0 aliphatic carbocycles. The largest absolute Gasteiger partial charge is 0.504 e. The zero-order valence-electron chi connectivity index (χ0n) is 28.5. The number of phenols is 8. The van der Waals surface area contributed by atoms with E-state index in [1.54, 1.807) is 42.5 Å². The minimum absolute atomic E-state index is 0.0233. The normalized spacial score (nSPS) is 11.9. The summed E-state index contributed by atoms with van der Waals surface area (Å²) in [5, 5.41) is 95.6. The van der Waals surface area contributed by atoms with Gasteiger partial charge in [-0.3, -0.25) is 0 Å².